The Morgan fingerprint density at radius 2 is 1.65 bits per heavy atom. The van der Waals surface area contributed by atoms with E-state index in [1.165, 1.54) is 17.8 Å². The van der Waals surface area contributed by atoms with Crippen molar-refractivity contribution in [3.63, 3.8) is 0 Å². The first-order valence-electron chi connectivity index (χ1n) is 14.6. The fraction of sp³-hybridized carbons (Fsp3) is 0.229. The van der Waals surface area contributed by atoms with Crippen LogP contribution in [0.25, 0.3) is 0 Å². The maximum Gasteiger partial charge on any atom is 0.262 e. The summed E-state index contributed by atoms with van der Waals surface area (Å²) in [6.45, 7) is 6.28. The van der Waals surface area contributed by atoms with Crippen LogP contribution in [-0.2, 0) is 22.6 Å². The number of rotatable bonds is 14. The van der Waals surface area contributed by atoms with Crippen molar-refractivity contribution < 1.29 is 23.8 Å². The van der Waals surface area contributed by atoms with Crippen LogP contribution in [0.1, 0.15) is 36.1 Å². The minimum atomic E-state index is -0.950. The van der Waals surface area contributed by atoms with Gasteiger partial charge in [0.25, 0.3) is 11.8 Å². The van der Waals surface area contributed by atoms with Gasteiger partial charge < -0.3 is 19.5 Å². The zero-order valence-electron chi connectivity index (χ0n) is 25.6. The summed E-state index contributed by atoms with van der Waals surface area (Å²) in [7, 11) is 0. The Morgan fingerprint density at radius 1 is 0.913 bits per heavy atom. The Balaban J connectivity index is 1.44. The Kier molecular flexibility index (Phi) is 12.9. The number of aryl methyl sites for hydroxylation is 1. The summed E-state index contributed by atoms with van der Waals surface area (Å²) < 4.78 is 18.3. The lowest BCUT2D eigenvalue weighted by Gasteiger charge is -2.21. The molecule has 2 N–H and O–H groups in total. The Labute approximate surface area is 287 Å². The van der Waals surface area contributed by atoms with Gasteiger partial charge in [-0.15, -0.1) is 0 Å². The molecule has 2 atom stereocenters. The van der Waals surface area contributed by atoms with Crippen LogP contribution in [0.15, 0.2) is 94.5 Å². The van der Waals surface area contributed by atoms with E-state index in [2.05, 4.69) is 31.8 Å². The van der Waals surface area contributed by atoms with Crippen LogP contribution in [-0.4, -0.2) is 36.8 Å². The first-order valence-corrected chi connectivity index (χ1v) is 16.1. The van der Waals surface area contributed by atoms with Gasteiger partial charge in [-0.25, -0.2) is 5.43 Å². The van der Waals surface area contributed by atoms with Gasteiger partial charge in [-0.1, -0.05) is 83.4 Å². The number of halogens is 3. The van der Waals surface area contributed by atoms with Crippen molar-refractivity contribution in [3.8, 4) is 17.2 Å². The molecule has 0 aliphatic rings. The summed E-state index contributed by atoms with van der Waals surface area (Å²) in [5.74, 6) is 0.377. The number of hydrogen-bond acceptors (Lipinski definition) is 6. The summed E-state index contributed by atoms with van der Waals surface area (Å²) in [6.07, 6.45) is 0.773. The zero-order chi connectivity index (χ0) is 33.1. The minimum Gasteiger partial charge on any atom is -0.490 e. The molecule has 11 heteroatoms. The molecular weight excluding hydrogens is 693 g/mol. The van der Waals surface area contributed by atoms with Crippen LogP contribution in [0.4, 0.5) is 0 Å². The average Bonchev–Trinajstić information content (AvgIpc) is 3.03. The molecule has 2 amide bonds. The molecule has 4 aromatic carbocycles. The average molecular weight is 727 g/mol. The van der Waals surface area contributed by atoms with Crippen LogP contribution in [0.5, 0.6) is 17.2 Å². The van der Waals surface area contributed by atoms with Gasteiger partial charge in [0.05, 0.1) is 22.3 Å². The predicted molar refractivity (Wildman–Crippen MR) is 185 cm³/mol. The summed E-state index contributed by atoms with van der Waals surface area (Å²) in [5, 5.41) is 7.65. The lowest BCUT2D eigenvalue weighted by Crippen LogP contribution is -2.50. The minimum absolute atomic E-state index is 0.232. The molecule has 4 aromatic rings. The van der Waals surface area contributed by atoms with Gasteiger partial charge in [0.1, 0.15) is 18.4 Å². The van der Waals surface area contributed by atoms with Crippen LogP contribution < -0.4 is 25.0 Å². The maximum atomic E-state index is 13.3. The Morgan fingerprint density at radius 3 is 2.35 bits per heavy atom. The molecule has 46 heavy (non-hydrogen) atoms. The number of nitrogens with one attached hydrogen (secondary N) is 2. The standard InChI is InChI=1S/C35H34BrCl2N3O5/c1-4-44-32-18-26(16-28(36)33(32)45-21-25-12-10-22(2)11-13-25)20-39-41-35(43)30(17-24-8-6-5-7-9-24)40-34(42)23(3)46-31-15-14-27(37)19-29(31)38/h5-16,18-20,23,30H,4,17,21H2,1-3H3,(H,40,42)(H,41,43)/b39-20-/t23-,30-/m0/s1. The van der Waals surface area contributed by atoms with Crippen LogP contribution in [0, 0.1) is 6.92 Å². The highest BCUT2D eigenvalue weighted by Gasteiger charge is 2.25. The number of benzene rings is 4. The fourth-order valence-electron chi connectivity index (χ4n) is 4.32. The second kappa shape index (κ2) is 17.0. The summed E-state index contributed by atoms with van der Waals surface area (Å²) >= 11 is 15.7. The van der Waals surface area contributed by atoms with Crippen molar-refractivity contribution in [3.05, 3.63) is 122 Å². The Hall–Kier alpha value is -4.05. The summed E-state index contributed by atoms with van der Waals surface area (Å²) in [4.78, 5) is 26.4. The molecule has 0 unspecified atom stereocenters. The van der Waals surface area contributed by atoms with Crippen molar-refractivity contribution in [2.75, 3.05) is 6.61 Å². The van der Waals surface area contributed by atoms with Crippen molar-refractivity contribution >= 4 is 57.2 Å². The largest absolute Gasteiger partial charge is 0.490 e. The van der Waals surface area contributed by atoms with Gasteiger partial charge >= 0.3 is 0 Å². The third-order valence-corrected chi connectivity index (χ3v) is 7.83. The van der Waals surface area contributed by atoms with E-state index in [0.717, 1.165) is 11.1 Å². The van der Waals surface area contributed by atoms with Crippen LogP contribution in [0.3, 0.4) is 0 Å². The van der Waals surface area contributed by atoms with Crippen molar-refractivity contribution in [1.29, 1.82) is 0 Å². The molecule has 240 valence electrons. The molecular formula is C35H34BrCl2N3O5. The lowest BCUT2D eigenvalue weighted by molar-refractivity contribution is -0.132. The van der Waals surface area contributed by atoms with Crippen LogP contribution >= 0.6 is 39.1 Å². The van der Waals surface area contributed by atoms with Gasteiger partial charge in [-0.05, 0) is 83.7 Å². The van der Waals surface area contributed by atoms with Crippen LogP contribution in [0.2, 0.25) is 10.0 Å². The highest BCUT2D eigenvalue weighted by atomic mass is 79.9. The van der Waals surface area contributed by atoms with Gasteiger partial charge in [0.15, 0.2) is 17.6 Å². The van der Waals surface area contributed by atoms with E-state index in [1.54, 1.807) is 25.1 Å². The van der Waals surface area contributed by atoms with Crippen molar-refractivity contribution in [2.24, 2.45) is 5.10 Å². The highest BCUT2D eigenvalue weighted by Crippen LogP contribution is 2.37. The Bertz CT molecular complexity index is 1670. The number of carbonyl (C=O) groups is 2. The van der Waals surface area contributed by atoms with E-state index in [4.69, 9.17) is 37.4 Å². The van der Waals surface area contributed by atoms with Crippen molar-refractivity contribution in [1.82, 2.24) is 10.7 Å². The second-order valence-corrected chi connectivity index (χ2v) is 12.1. The maximum absolute atomic E-state index is 13.3. The number of carbonyl (C=O) groups excluding carboxylic acids is 2. The SMILES string of the molecule is CCOc1cc(/C=N\NC(=O)[C@H](Cc2ccccc2)NC(=O)[C@H](C)Oc2ccc(Cl)cc2Cl)cc(Br)c1OCc1ccc(C)cc1. The molecule has 0 aliphatic carbocycles. The van der Waals surface area contributed by atoms with E-state index >= 15 is 0 Å². The van der Waals surface area contributed by atoms with E-state index < -0.39 is 24.0 Å². The molecule has 0 bridgehead atoms. The molecule has 4 rings (SSSR count). The van der Waals surface area contributed by atoms with E-state index in [1.807, 2.05) is 74.5 Å². The molecule has 0 fully saturated rings. The number of nitrogens with zero attached hydrogens (tertiary/aromatic N) is 1. The molecule has 0 radical (unpaired) electrons. The van der Waals surface area contributed by atoms with E-state index in [0.29, 0.717) is 45.5 Å². The van der Waals surface area contributed by atoms with Gasteiger partial charge in [-0.2, -0.15) is 5.10 Å². The van der Waals surface area contributed by atoms with Gasteiger partial charge in [0, 0.05) is 11.4 Å². The lowest BCUT2D eigenvalue weighted by atomic mass is 10.1. The molecule has 0 heterocycles. The third kappa shape index (κ3) is 10.2. The van der Waals surface area contributed by atoms with Gasteiger partial charge in [-0.3, -0.25) is 9.59 Å². The second-order valence-electron chi connectivity index (χ2n) is 10.4. The van der Waals surface area contributed by atoms with Gasteiger partial charge in [0.2, 0.25) is 0 Å². The summed E-state index contributed by atoms with van der Waals surface area (Å²) in [6, 6.07) is 24.8. The third-order valence-electron chi connectivity index (χ3n) is 6.71. The van der Waals surface area contributed by atoms with E-state index in [-0.39, 0.29) is 11.4 Å². The molecule has 0 spiro atoms. The molecule has 0 aromatic heterocycles. The van der Waals surface area contributed by atoms with E-state index in [9.17, 15) is 9.59 Å². The highest BCUT2D eigenvalue weighted by molar-refractivity contribution is 9.10. The normalized spacial score (nSPS) is 12.3. The molecule has 0 saturated heterocycles. The molecule has 0 aliphatic heterocycles. The quantitative estimate of drug-likeness (QED) is 0.103. The first-order chi connectivity index (χ1) is 22.1. The number of ether oxygens (including phenoxy) is 3. The zero-order valence-corrected chi connectivity index (χ0v) is 28.7. The van der Waals surface area contributed by atoms with Crippen molar-refractivity contribution in [2.45, 2.75) is 45.9 Å². The first kappa shape index (κ1) is 34.8. The predicted octanol–water partition coefficient (Wildman–Crippen LogP) is 7.69. The topological polar surface area (TPSA) is 98.2 Å². The number of amides is 2. The molecule has 8 nitrogen and oxygen atoms in total. The smallest absolute Gasteiger partial charge is 0.262 e. The molecule has 0 saturated carbocycles. The number of hydrazone groups is 1. The monoisotopic (exact) mass is 725 g/mol. The summed E-state index contributed by atoms with van der Waals surface area (Å²) in [5.41, 5.74) is 6.26. The fourth-order valence-corrected chi connectivity index (χ4v) is 5.34. The number of hydrogen-bond donors (Lipinski definition) is 2.